The van der Waals surface area contributed by atoms with Gasteiger partial charge in [-0.15, -0.1) is 0 Å². The summed E-state index contributed by atoms with van der Waals surface area (Å²) in [6, 6.07) is 14.8. The van der Waals surface area contributed by atoms with Gasteiger partial charge in [0.1, 0.15) is 5.82 Å². The highest BCUT2D eigenvalue weighted by molar-refractivity contribution is 5.95. The Morgan fingerprint density at radius 3 is 2.62 bits per heavy atom. The highest BCUT2D eigenvalue weighted by Crippen LogP contribution is 2.63. The Bertz CT molecular complexity index is 1070. The third-order valence-electron chi connectivity index (χ3n) is 6.98. The SMILES string of the molecule is Cc1ccc(NC(=O)[C@H]2CC23CCC(c2ccnc4ccc(F)cc24)CC3)cc1. The molecule has 4 heteroatoms. The first-order valence-electron chi connectivity index (χ1n) is 10.5. The summed E-state index contributed by atoms with van der Waals surface area (Å²) in [4.78, 5) is 17.1. The van der Waals surface area contributed by atoms with Crippen LogP contribution in [0.3, 0.4) is 0 Å². The molecule has 5 rings (SSSR count). The summed E-state index contributed by atoms with van der Waals surface area (Å²) in [5, 5.41) is 4.02. The molecule has 148 valence electrons. The first-order chi connectivity index (χ1) is 14.0. The van der Waals surface area contributed by atoms with Crippen LogP contribution >= 0.6 is 0 Å². The van der Waals surface area contributed by atoms with Crippen LogP contribution in [0.1, 0.15) is 49.1 Å². The third-order valence-corrected chi connectivity index (χ3v) is 6.98. The molecule has 2 aliphatic rings. The number of fused-ring (bicyclic) bond motifs is 1. The summed E-state index contributed by atoms with van der Waals surface area (Å²) in [6.07, 6.45) is 7.03. The van der Waals surface area contributed by atoms with Crippen molar-refractivity contribution in [3.63, 3.8) is 0 Å². The number of pyridine rings is 1. The second-order valence-corrected chi connectivity index (χ2v) is 8.81. The molecule has 1 atom stereocenters. The fourth-order valence-electron chi connectivity index (χ4n) is 5.14. The van der Waals surface area contributed by atoms with E-state index in [-0.39, 0.29) is 23.1 Å². The number of anilines is 1. The monoisotopic (exact) mass is 388 g/mol. The van der Waals surface area contributed by atoms with Crippen molar-refractivity contribution in [2.45, 2.75) is 44.9 Å². The average molecular weight is 388 g/mol. The molecule has 0 unspecified atom stereocenters. The molecule has 1 spiro atoms. The van der Waals surface area contributed by atoms with E-state index in [1.807, 2.05) is 43.5 Å². The zero-order valence-corrected chi connectivity index (χ0v) is 16.6. The molecule has 0 radical (unpaired) electrons. The summed E-state index contributed by atoms with van der Waals surface area (Å²) < 4.78 is 13.8. The van der Waals surface area contributed by atoms with E-state index in [2.05, 4.69) is 10.3 Å². The average Bonchev–Trinajstić information content (AvgIpc) is 3.43. The number of carbonyl (C=O) groups excluding carboxylic acids is 1. The molecule has 1 amide bonds. The number of nitrogens with one attached hydrogen (secondary N) is 1. The van der Waals surface area contributed by atoms with Gasteiger partial charge < -0.3 is 5.32 Å². The molecular formula is C25H25FN2O. The molecular weight excluding hydrogens is 363 g/mol. The van der Waals surface area contributed by atoms with Crippen LogP contribution in [0.15, 0.2) is 54.7 Å². The number of nitrogens with zero attached hydrogens (tertiary/aromatic N) is 1. The van der Waals surface area contributed by atoms with E-state index in [0.717, 1.165) is 48.7 Å². The van der Waals surface area contributed by atoms with Crippen molar-refractivity contribution in [3.05, 3.63) is 71.7 Å². The molecule has 2 aromatic carbocycles. The molecule has 1 N–H and O–H groups in total. The van der Waals surface area contributed by atoms with E-state index in [4.69, 9.17) is 0 Å². The van der Waals surface area contributed by atoms with Crippen molar-refractivity contribution in [2.24, 2.45) is 11.3 Å². The van der Waals surface area contributed by atoms with Crippen LogP contribution < -0.4 is 5.32 Å². The fraction of sp³-hybridized carbons (Fsp3) is 0.360. The minimum atomic E-state index is -0.214. The lowest BCUT2D eigenvalue weighted by Crippen LogP contribution is -2.22. The van der Waals surface area contributed by atoms with Crippen LogP contribution in [0, 0.1) is 24.1 Å². The Balaban J connectivity index is 1.26. The lowest BCUT2D eigenvalue weighted by atomic mass is 9.75. The van der Waals surface area contributed by atoms with E-state index >= 15 is 0 Å². The van der Waals surface area contributed by atoms with Crippen LogP contribution in [0.25, 0.3) is 10.9 Å². The van der Waals surface area contributed by atoms with Crippen molar-refractivity contribution in [2.75, 3.05) is 5.32 Å². The Morgan fingerprint density at radius 2 is 1.86 bits per heavy atom. The maximum Gasteiger partial charge on any atom is 0.228 e. The minimum Gasteiger partial charge on any atom is -0.326 e. The second kappa shape index (κ2) is 6.94. The van der Waals surface area contributed by atoms with Crippen LogP contribution in [0.2, 0.25) is 0 Å². The van der Waals surface area contributed by atoms with Gasteiger partial charge in [0.05, 0.1) is 5.52 Å². The number of benzene rings is 2. The van der Waals surface area contributed by atoms with E-state index < -0.39 is 0 Å². The number of carbonyl (C=O) groups is 1. The van der Waals surface area contributed by atoms with Crippen LogP contribution in [-0.2, 0) is 4.79 Å². The molecule has 2 fully saturated rings. The predicted molar refractivity (Wildman–Crippen MR) is 113 cm³/mol. The van der Waals surface area contributed by atoms with Gasteiger partial charge in [-0.05, 0) is 92.3 Å². The van der Waals surface area contributed by atoms with E-state index in [1.165, 1.54) is 17.2 Å². The molecule has 0 aliphatic heterocycles. The number of amides is 1. The Hall–Kier alpha value is -2.75. The molecule has 2 aliphatic carbocycles. The standard InChI is InChI=1S/C25H25FN2O/c1-16-2-5-19(6-3-16)28-24(29)22-15-25(22)11-8-17(9-12-25)20-10-13-27-23-7-4-18(26)14-21(20)23/h2-7,10,13-14,17,22H,8-9,11-12,15H2,1H3,(H,28,29)/t17?,22-,25?/m1/s1. The number of halogens is 1. The zero-order chi connectivity index (χ0) is 20.0. The van der Waals surface area contributed by atoms with Gasteiger partial charge in [-0.25, -0.2) is 4.39 Å². The van der Waals surface area contributed by atoms with Gasteiger partial charge in [0.15, 0.2) is 0 Å². The third kappa shape index (κ3) is 3.41. The molecule has 29 heavy (non-hydrogen) atoms. The molecule has 3 nitrogen and oxygen atoms in total. The summed E-state index contributed by atoms with van der Waals surface area (Å²) in [7, 11) is 0. The first kappa shape index (κ1) is 18.3. The first-order valence-corrected chi connectivity index (χ1v) is 10.5. The van der Waals surface area contributed by atoms with Gasteiger partial charge in [0.25, 0.3) is 0 Å². The second-order valence-electron chi connectivity index (χ2n) is 8.81. The van der Waals surface area contributed by atoms with Crippen molar-refractivity contribution in [1.82, 2.24) is 4.98 Å². The van der Waals surface area contributed by atoms with Gasteiger partial charge >= 0.3 is 0 Å². The van der Waals surface area contributed by atoms with Gasteiger partial charge in [-0.2, -0.15) is 0 Å². The van der Waals surface area contributed by atoms with Gasteiger partial charge in [-0.3, -0.25) is 9.78 Å². The number of hydrogen-bond donors (Lipinski definition) is 1. The lowest BCUT2D eigenvalue weighted by molar-refractivity contribution is -0.118. The highest BCUT2D eigenvalue weighted by Gasteiger charge is 2.58. The highest BCUT2D eigenvalue weighted by atomic mass is 19.1. The molecule has 1 heterocycles. The lowest BCUT2D eigenvalue weighted by Gasteiger charge is -2.30. The fourth-order valence-corrected chi connectivity index (χ4v) is 5.14. The maximum absolute atomic E-state index is 13.8. The zero-order valence-electron chi connectivity index (χ0n) is 16.6. The van der Waals surface area contributed by atoms with Crippen molar-refractivity contribution in [3.8, 4) is 0 Å². The van der Waals surface area contributed by atoms with Crippen LogP contribution in [0.4, 0.5) is 10.1 Å². The van der Waals surface area contributed by atoms with Crippen LogP contribution in [-0.4, -0.2) is 10.9 Å². The quantitative estimate of drug-likeness (QED) is 0.599. The van der Waals surface area contributed by atoms with Gasteiger partial charge in [-0.1, -0.05) is 17.7 Å². The van der Waals surface area contributed by atoms with Crippen LogP contribution in [0.5, 0.6) is 0 Å². The Morgan fingerprint density at radius 1 is 1.10 bits per heavy atom. The molecule has 0 saturated heterocycles. The maximum atomic E-state index is 13.8. The largest absolute Gasteiger partial charge is 0.326 e. The van der Waals surface area contributed by atoms with Crippen molar-refractivity contribution >= 4 is 22.5 Å². The number of rotatable bonds is 3. The molecule has 2 saturated carbocycles. The summed E-state index contributed by atoms with van der Waals surface area (Å²) in [6.45, 7) is 2.04. The van der Waals surface area contributed by atoms with Crippen molar-refractivity contribution in [1.29, 1.82) is 0 Å². The number of aromatic nitrogens is 1. The van der Waals surface area contributed by atoms with E-state index in [1.54, 1.807) is 12.1 Å². The van der Waals surface area contributed by atoms with Gasteiger partial charge in [0, 0.05) is 23.2 Å². The summed E-state index contributed by atoms with van der Waals surface area (Å²) >= 11 is 0. The van der Waals surface area contributed by atoms with E-state index in [0.29, 0.717) is 5.92 Å². The molecule has 3 aromatic rings. The predicted octanol–water partition coefficient (Wildman–Crippen LogP) is 5.98. The van der Waals surface area contributed by atoms with E-state index in [9.17, 15) is 9.18 Å². The summed E-state index contributed by atoms with van der Waals surface area (Å²) in [5.41, 5.74) is 4.28. The smallest absolute Gasteiger partial charge is 0.228 e. The normalized spacial score (nSPS) is 25.9. The topological polar surface area (TPSA) is 42.0 Å². The van der Waals surface area contributed by atoms with Gasteiger partial charge in [0.2, 0.25) is 5.91 Å². The minimum absolute atomic E-state index is 0.122. The molecule has 1 aromatic heterocycles. The number of aryl methyl sites for hydroxylation is 1. The Kier molecular flexibility index (Phi) is 4.38. The number of hydrogen-bond acceptors (Lipinski definition) is 2. The Labute approximate surface area is 170 Å². The summed E-state index contributed by atoms with van der Waals surface area (Å²) in [5.74, 6) is 0.475. The van der Waals surface area contributed by atoms with Crippen molar-refractivity contribution < 1.29 is 9.18 Å². The molecule has 0 bridgehead atoms.